The van der Waals surface area contributed by atoms with Gasteiger partial charge in [0.25, 0.3) is 0 Å². The van der Waals surface area contributed by atoms with E-state index >= 15 is 0 Å². The summed E-state index contributed by atoms with van der Waals surface area (Å²) in [5.74, 6) is 2.05. The van der Waals surface area contributed by atoms with Crippen LogP contribution < -0.4 is 5.32 Å². The lowest BCUT2D eigenvalue weighted by molar-refractivity contribution is 0.293. The summed E-state index contributed by atoms with van der Waals surface area (Å²) >= 11 is 0. The highest BCUT2D eigenvalue weighted by atomic mass is 15.4. The van der Waals surface area contributed by atoms with E-state index in [0.717, 1.165) is 30.3 Å². The smallest absolute Gasteiger partial charge is 0.177 e. The summed E-state index contributed by atoms with van der Waals surface area (Å²) in [4.78, 5) is 0. The third-order valence-electron chi connectivity index (χ3n) is 3.35. The Morgan fingerprint density at radius 2 is 2.19 bits per heavy atom. The van der Waals surface area contributed by atoms with Gasteiger partial charge in [-0.25, -0.2) is 0 Å². The molecule has 0 amide bonds. The zero-order valence-corrected chi connectivity index (χ0v) is 9.51. The molecule has 3 rings (SSSR count). The van der Waals surface area contributed by atoms with E-state index in [1.807, 2.05) is 23.6 Å². The molecule has 0 aromatic carbocycles. The summed E-state index contributed by atoms with van der Waals surface area (Å²) in [7, 11) is 0. The molecular formula is C11H15N5. The van der Waals surface area contributed by atoms with Crippen molar-refractivity contribution in [1.82, 2.24) is 25.1 Å². The van der Waals surface area contributed by atoms with Gasteiger partial charge in [-0.3, -0.25) is 0 Å². The third kappa shape index (κ3) is 1.39. The van der Waals surface area contributed by atoms with Crippen LogP contribution in [0.15, 0.2) is 12.1 Å². The van der Waals surface area contributed by atoms with Crippen LogP contribution in [0.2, 0.25) is 0 Å². The molecule has 1 N–H and O–H groups in total. The first kappa shape index (κ1) is 9.72. The van der Waals surface area contributed by atoms with E-state index in [9.17, 15) is 0 Å². The largest absolute Gasteiger partial charge is 0.316 e. The second kappa shape index (κ2) is 3.52. The molecule has 1 unspecified atom stereocenters. The number of fused-ring (bicyclic) bond motifs is 1. The number of hydrogen-bond donors (Lipinski definition) is 1. The number of rotatable bonds is 2. The number of hydrogen-bond acceptors (Lipinski definition) is 4. The van der Waals surface area contributed by atoms with Gasteiger partial charge in [0.2, 0.25) is 0 Å². The second-order valence-electron chi connectivity index (χ2n) is 4.51. The highest BCUT2D eigenvalue weighted by molar-refractivity contribution is 5.36. The molecule has 0 spiro atoms. The monoisotopic (exact) mass is 217 g/mol. The lowest BCUT2D eigenvalue weighted by atomic mass is 9.88. The molecule has 2 aromatic heterocycles. The highest BCUT2D eigenvalue weighted by Gasteiger charge is 2.28. The summed E-state index contributed by atoms with van der Waals surface area (Å²) in [5, 5.41) is 16.2. The lowest BCUT2D eigenvalue weighted by Crippen LogP contribution is -2.45. The van der Waals surface area contributed by atoms with E-state index in [1.54, 1.807) is 0 Å². The minimum atomic E-state index is 0.408. The molecule has 0 saturated carbocycles. The van der Waals surface area contributed by atoms with Gasteiger partial charge < -0.3 is 5.32 Å². The fourth-order valence-electron chi connectivity index (χ4n) is 2.06. The van der Waals surface area contributed by atoms with Crippen LogP contribution in [-0.4, -0.2) is 32.9 Å². The van der Waals surface area contributed by atoms with Crippen molar-refractivity contribution >= 4 is 5.65 Å². The zero-order chi connectivity index (χ0) is 11.1. The Kier molecular flexibility index (Phi) is 2.14. The maximum absolute atomic E-state index is 4.47. The Hall–Kier alpha value is -1.49. The van der Waals surface area contributed by atoms with Crippen LogP contribution in [0.1, 0.15) is 24.4 Å². The van der Waals surface area contributed by atoms with E-state index < -0.39 is 0 Å². The summed E-state index contributed by atoms with van der Waals surface area (Å²) in [6.45, 7) is 6.33. The van der Waals surface area contributed by atoms with Gasteiger partial charge in [-0.2, -0.15) is 9.61 Å². The van der Waals surface area contributed by atoms with Crippen molar-refractivity contribution in [3.63, 3.8) is 0 Å². The predicted molar refractivity (Wildman–Crippen MR) is 60.3 cm³/mol. The van der Waals surface area contributed by atoms with Crippen molar-refractivity contribution in [3.05, 3.63) is 23.7 Å². The molecule has 3 heterocycles. The van der Waals surface area contributed by atoms with E-state index in [-0.39, 0.29) is 0 Å². The van der Waals surface area contributed by atoms with Gasteiger partial charge in [-0.1, -0.05) is 6.92 Å². The van der Waals surface area contributed by atoms with E-state index in [1.165, 1.54) is 0 Å². The minimum absolute atomic E-state index is 0.408. The van der Waals surface area contributed by atoms with Crippen LogP contribution in [0.4, 0.5) is 0 Å². The van der Waals surface area contributed by atoms with Gasteiger partial charge in [0.05, 0.1) is 5.69 Å². The highest BCUT2D eigenvalue weighted by Crippen LogP contribution is 2.25. The standard InChI is InChI=1S/C11H15N5/c1-7-3-4-10-13-14-11(16(10)15-7)8(2)9-5-12-6-9/h3-4,8-9,12H,5-6H2,1-2H3. The SMILES string of the molecule is Cc1ccc2nnc(C(C)C3CNC3)n2n1. The number of aryl methyl sites for hydroxylation is 1. The molecule has 0 radical (unpaired) electrons. The van der Waals surface area contributed by atoms with Crippen LogP contribution in [-0.2, 0) is 0 Å². The summed E-state index contributed by atoms with van der Waals surface area (Å²) in [5.41, 5.74) is 1.83. The maximum Gasteiger partial charge on any atom is 0.177 e. The van der Waals surface area contributed by atoms with E-state index in [2.05, 4.69) is 27.5 Å². The van der Waals surface area contributed by atoms with Crippen LogP contribution >= 0.6 is 0 Å². The van der Waals surface area contributed by atoms with Gasteiger partial charge in [0, 0.05) is 5.92 Å². The first-order valence-electron chi connectivity index (χ1n) is 5.65. The van der Waals surface area contributed by atoms with Crippen LogP contribution in [0.3, 0.4) is 0 Å². The first-order valence-corrected chi connectivity index (χ1v) is 5.65. The van der Waals surface area contributed by atoms with Crippen LogP contribution in [0.25, 0.3) is 5.65 Å². The van der Waals surface area contributed by atoms with Crippen molar-refractivity contribution in [2.24, 2.45) is 5.92 Å². The molecule has 1 saturated heterocycles. The second-order valence-corrected chi connectivity index (χ2v) is 4.51. The average molecular weight is 217 g/mol. The van der Waals surface area contributed by atoms with E-state index in [0.29, 0.717) is 11.8 Å². The number of nitrogens with one attached hydrogen (secondary N) is 1. The molecule has 5 nitrogen and oxygen atoms in total. The van der Waals surface area contributed by atoms with Crippen molar-refractivity contribution in [3.8, 4) is 0 Å². The first-order chi connectivity index (χ1) is 7.75. The third-order valence-corrected chi connectivity index (χ3v) is 3.35. The fourth-order valence-corrected chi connectivity index (χ4v) is 2.06. The molecule has 16 heavy (non-hydrogen) atoms. The molecule has 1 fully saturated rings. The predicted octanol–water partition coefficient (Wildman–Crippen LogP) is 0.756. The fraction of sp³-hybridized carbons (Fsp3) is 0.545. The Morgan fingerprint density at radius 3 is 2.88 bits per heavy atom. The Bertz CT molecular complexity index is 514. The molecule has 0 bridgehead atoms. The summed E-state index contributed by atoms with van der Waals surface area (Å²) in [6.07, 6.45) is 0. The van der Waals surface area contributed by atoms with Crippen LogP contribution in [0, 0.1) is 12.8 Å². The Labute approximate surface area is 93.9 Å². The van der Waals surface area contributed by atoms with Crippen molar-refractivity contribution in [2.45, 2.75) is 19.8 Å². The quantitative estimate of drug-likeness (QED) is 0.806. The maximum atomic E-state index is 4.47. The van der Waals surface area contributed by atoms with Gasteiger partial charge in [-0.15, -0.1) is 10.2 Å². The molecule has 84 valence electrons. The molecular weight excluding hydrogens is 202 g/mol. The summed E-state index contributed by atoms with van der Waals surface area (Å²) in [6, 6.07) is 3.92. The number of nitrogens with zero attached hydrogens (tertiary/aromatic N) is 4. The molecule has 0 aliphatic carbocycles. The summed E-state index contributed by atoms with van der Waals surface area (Å²) < 4.78 is 1.87. The van der Waals surface area contributed by atoms with Crippen molar-refractivity contribution in [1.29, 1.82) is 0 Å². The topological polar surface area (TPSA) is 55.1 Å². The molecule has 1 atom stereocenters. The molecule has 2 aromatic rings. The van der Waals surface area contributed by atoms with Crippen LogP contribution in [0.5, 0.6) is 0 Å². The molecule has 1 aliphatic rings. The van der Waals surface area contributed by atoms with Gasteiger partial charge in [0.15, 0.2) is 11.5 Å². The molecule has 1 aliphatic heterocycles. The lowest BCUT2D eigenvalue weighted by Gasteiger charge is -2.31. The normalized spacial score (nSPS) is 18.6. The van der Waals surface area contributed by atoms with Crippen molar-refractivity contribution in [2.75, 3.05) is 13.1 Å². The van der Waals surface area contributed by atoms with Gasteiger partial charge in [0.1, 0.15) is 0 Å². The molecule has 5 heteroatoms. The average Bonchev–Trinajstić information content (AvgIpc) is 2.57. The van der Waals surface area contributed by atoms with Gasteiger partial charge in [-0.05, 0) is 38.1 Å². The Morgan fingerprint density at radius 1 is 1.38 bits per heavy atom. The van der Waals surface area contributed by atoms with Crippen molar-refractivity contribution < 1.29 is 0 Å². The minimum Gasteiger partial charge on any atom is -0.316 e. The number of aromatic nitrogens is 4. The van der Waals surface area contributed by atoms with Gasteiger partial charge >= 0.3 is 0 Å². The van der Waals surface area contributed by atoms with E-state index in [4.69, 9.17) is 0 Å². The Balaban J connectivity index is 2.05. The zero-order valence-electron chi connectivity index (χ0n) is 9.51.